The second-order valence-electron chi connectivity index (χ2n) is 5.76. The van der Waals surface area contributed by atoms with Crippen LogP contribution in [0.1, 0.15) is 25.5 Å². The number of piperazine rings is 1. The van der Waals surface area contributed by atoms with Gasteiger partial charge in [0.15, 0.2) is 5.69 Å². The fourth-order valence-corrected chi connectivity index (χ4v) is 3.25. The van der Waals surface area contributed by atoms with Gasteiger partial charge in [0.05, 0.1) is 0 Å². The topological polar surface area (TPSA) is 58.3 Å². The summed E-state index contributed by atoms with van der Waals surface area (Å²) in [5.41, 5.74) is 4.48. The summed E-state index contributed by atoms with van der Waals surface area (Å²) in [4.78, 5) is 11.6. The normalized spacial score (nSPS) is 27.0. The summed E-state index contributed by atoms with van der Waals surface area (Å²) in [5.74, 6) is -0.0604. The second-order valence-corrected chi connectivity index (χ2v) is 5.76. The zero-order valence-electron chi connectivity index (χ0n) is 11.8. The van der Waals surface area contributed by atoms with Crippen LogP contribution in [0.2, 0.25) is 0 Å². The number of anilines is 2. The van der Waals surface area contributed by atoms with Crippen molar-refractivity contribution < 1.29 is 13.2 Å². The largest absolute Gasteiger partial charge is 0.433 e. The molecule has 0 spiro atoms. The number of rotatable bonds is 1. The van der Waals surface area contributed by atoms with Crippen molar-refractivity contribution in [3.63, 3.8) is 0 Å². The van der Waals surface area contributed by atoms with Gasteiger partial charge in [0, 0.05) is 31.2 Å². The van der Waals surface area contributed by atoms with Crippen molar-refractivity contribution in [2.45, 2.75) is 38.0 Å². The van der Waals surface area contributed by atoms with E-state index in [4.69, 9.17) is 5.73 Å². The van der Waals surface area contributed by atoms with E-state index in [-0.39, 0.29) is 17.8 Å². The maximum Gasteiger partial charge on any atom is 0.433 e. The van der Waals surface area contributed by atoms with E-state index >= 15 is 0 Å². The van der Waals surface area contributed by atoms with Crippen molar-refractivity contribution in [3.05, 3.63) is 11.8 Å². The highest BCUT2D eigenvalue weighted by atomic mass is 19.4. The third-order valence-corrected chi connectivity index (χ3v) is 4.25. The van der Waals surface area contributed by atoms with Crippen LogP contribution in [-0.2, 0) is 6.18 Å². The molecule has 8 heteroatoms. The zero-order valence-corrected chi connectivity index (χ0v) is 11.8. The molecule has 3 heterocycles. The first-order valence-electron chi connectivity index (χ1n) is 7.07. The van der Waals surface area contributed by atoms with E-state index in [9.17, 15) is 13.2 Å². The van der Waals surface area contributed by atoms with Gasteiger partial charge in [-0.25, -0.2) is 4.98 Å². The minimum atomic E-state index is -4.51. The summed E-state index contributed by atoms with van der Waals surface area (Å²) >= 11 is 0. The number of hydrogen-bond acceptors (Lipinski definition) is 5. The van der Waals surface area contributed by atoms with Crippen LogP contribution in [0.5, 0.6) is 0 Å². The molecule has 2 fully saturated rings. The van der Waals surface area contributed by atoms with Gasteiger partial charge in [0.1, 0.15) is 5.82 Å². The SMILES string of the molecule is CC1CN2CCCC2CN1c1cc(C(F)(F)F)nc(N)n1. The summed E-state index contributed by atoms with van der Waals surface area (Å²) in [5, 5.41) is 0. The molecule has 2 unspecified atom stereocenters. The van der Waals surface area contributed by atoms with Crippen molar-refractivity contribution in [1.82, 2.24) is 14.9 Å². The van der Waals surface area contributed by atoms with Crippen LogP contribution >= 0.6 is 0 Å². The lowest BCUT2D eigenvalue weighted by atomic mass is 10.1. The minimum Gasteiger partial charge on any atom is -0.368 e. The van der Waals surface area contributed by atoms with E-state index in [0.29, 0.717) is 12.6 Å². The Morgan fingerprint density at radius 3 is 2.76 bits per heavy atom. The maximum atomic E-state index is 12.9. The van der Waals surface area contributed by atoms with E-state index in [2.05, 4.69) is 14.9 Å². The van der Waals surface area contributed by atoms with E-state index in [1.807, 2.05) is 11.8 Å². The molecule has 1 aromatic rings. The van der Waals surface area contributed by atoms with Crippen LogP contribution in [0.25, 0.3) is 0 Å². The molecule has 2 aliphatic rings. The summed E-state index contributed by atoms with van der Waals surface area (Å²) in [7, 11) is 0. The number of fused-ring (bicyclic) bond motifs is 1. The summed E-state index contributed by atoms with van der Waals surface area (Å²) in [6, 6.07) is 1.50. The Hall–Kier alpha value is -1.57. The van der Waals surface area contributed by atoms with Crippen molar-refractivity contribution >= 4 is 11.8 Å². The number of alkyl halides is 3. The molecule has 116 valence electrons. The lowest BCUT2D eigenvalue weighted by molar-refractivity contribution is -0.141. The Morgan fingerprint density at radius 1 is 1.29 bits per heavy atom. The van der Waals surface area contributed by atoms with Crippen molar-refractivity contribution in [3.8, 4) is 0 Å². The molecule has 21 heavy (non-hydrogen) atoms. The smallest absolute Gasteiger partial charge is 0.368 e. The molecule has 0 aromatic carbocycles. The molecular formula is C13H18F3N5. The van der Waals surface area contributed by atoms with Crippen LogP contribution < -0.4 is 10.6 Å². The fourth-order valence-electron chi connectivity index (χ4n) is 3.25. The second kappa shape index (κ2) is 5.01. The molecule has 2 aliphatic heterocycles. The number of nitrogen functional groups attached to an aromatic ring is 1. The first-order chi connectivity index (χ1) is 9.84. The van der Waals surface area contributed by atoms with Gasteiger partial charge < -0.3 is 10.6 Å². The highest BCUT2D eigenvalue weighted by Crippen LogP contribution is 2.32. The minimum absolute atomic E-state index is 0.106. The number of nitrogens with two attached hydrogens (primary N) is 1. The molecule has 2 atom stereocenters. The van der Waals surface area contributed by atoms with Gasteiger partial charge in [-0.3, -0.25) is 4.90 Å². The van der Waals surface area contributed by atoms with E-state index < -0.39 is 11.9 Å². The van der Waals surface area contributed by atoms with Gasteiger partial charge in [-0.05, 0) is 26.3 Å². The Morgan fingerprint density at radius 2 is 2.05 bits per heavy atom. The third kappa shape index (κ3) is 2.76. The highest BCUT2D eigenvalue weighted by molar-refractivity contribution is 5.46. The molecule has 3 rings (SSSR count). The monoisotopic (exact) mass is 301 g/mol. The number of aromatic nitrogens is 2. The van der Waals surface area contributed by atoms with Gasteiger partial charge in [-0.15, -0.1) is 0 Å². The van der Waals surface area contributed by atoms with Crippen LogP contribution in [0.4, 0.5) is 24.9 Å². The molecule has 0 saturated carbocycles. The predicted octanol–water partition coefficient (Wildman–Crippen LogP) is 1.75. The molecule has 2 saturated heterocycles. The third-order valence-electron chi connectivity index (χ3n) is 4.25. The molecule has 0 bridgehead atoms. The van der Waals surface area contributed by atoms with Crippen molar-refractivity contribution in [2.24, 2.45) is 0 Å². The number of nitrogens with zero attached hydrogens (tertiary/aromatic N) is 4. The standard InChI is InChI=1S/C13H18F3N5/c1-8-6-20-4-2-3-9(20)7-21(8)11-5-10(13(14,15)16)18-12(17)19-11/h5,8-9H,2-4,6-7H2,1H3,(H2,17,18,19). The van der Waals surface area contributed by atoms with Crippen LogP contribution in [-0.4, -0.2) is 46.6 Å². The summed E-state index contributed by atoms with van der Waals surface area (Å²) in [6.45, 7) is 4.60. The Kier molecular flexibility index (Phi) is 3.43. The van der Waals surface area contributed by atoms with E-state index in [1.54, 1.807) is 0 Å². The average molecular weight is 301 g/mol. The molecule has 0 aliphatic carbocycles. The van der Waals surface area contributed by atoms with Crippen LogP contribution in [0, 0.1) is 0 Å². The van der Waals surface area contributed by atoms with Gasteiger partial charge in [-0.1, -0.05) is 0 Å². The van der Waals surface area contributed by atoms with Gasteiger partial charge >= 0.3 is 6.18 Å². The molecule has 2 N–H and O–H groups in total. The summed E-state index contributed by atoms with van der Waals surface area (Å²) < 4.78 is 38.6. The molecule has 0 radical (unpaired) electrons. The quantitative estimate of drug-likeness (QED) is 0.856. The van der Waals surface area contributed by atoms with Crippen LogP contribution in [0.15, 0.2) is 6.07 Å². The fraction of sp³-hybridized carbons (Fsp3) is 0.692. The van der Waals surface area contributed by atoms with E-state index in [1.165, 1.54) is 0 Å². The van der Waals surface area contributed by atoms with Gasteiger partial charge in [0.2, 0.25) is 5.95 Å². The Bertz CT molecular complexity index is 533. The van der Waals surface area contributed by atoms with Crippen LogP contribution in [0.3, 0.4) is 0 Å². The molecule has 5 nitrogen and oxygen atoms in total. The maximum absolute atomic E-state index is 12.9. The number of halogens is 3. The summed E-state index contributed by atoms with van der Waals surface area (Å²) in [6.07, 6.45) is -2.29. The highest BCUT2D eigenvalue weighted by Gasteiger charge is 2.37. The molecule has 0 amide bonds. The van der Waals surface area contributed by atoms with Gasteiger partial charge in [-0.2, -0.15) is 18.2 Å². The lowest BCUT2D eigenvalue weighted by Gasteiger charge is -2.43. The predicted molar refractivity (Wildman–Crippen MR) is 72.8 cm³/mol. The van der Waals surface area contributed by atoms with Crippen molar-refractivity contribution in [2.75, 3.05) is 30.3 Å². The zero-order chi connectivity index (χ0) is 15.2. The van der Waals surface area contributed by atoms with Gasteiger partial charge in [0.25, 0.3) is 0 Å². The Labute approximate surface area is 120 Å². The lowest BCUT2D eigenvalue weighted by Crippen LogP contribution is -2.55. The van der Waals surface area contributed by atoms with E-state index in [0.717, 1.165) is 32.0 Å². The first-order valence-corrected chi connectivity index (χ1v) is 7.07. The Balaban J connectivity index is 1.90. The average Bonchev–Trinajstić information content (AvgIpc) is 2.83. The first kappa shape index (κ1) is 14.4. The number of hydrogen-bond donors (Lipinski definition) is 1. The molecule has 1 aromatic heterocycles. The van der Waals surface area contributed by atoms with Crippen molar-refractivity contribution in [1.29, 1.82) is 0 Å². The molecular weight excluding hydrogens is 283 g/mol.